The number of aromatic nitrogens is 2. The van der Waals surface area contributed by atoms with Gasteiger partial charge in [0.2, 0.25) is 0 Å². The van der Waals surface area contributed by atoms with E-state index in [4.69, 9.17) is 4.74 Å². The van der Waals surface area contributed by atoms with Crippen molar-refractivity contribution in [2.45, 2.75) is 26.4 Å². The third-order valence-electron chi connectivity index (χ3n) is 3.31. The average molecular weight is 275 g/mol. The lowest BCUT2D eigenvalue weighted by atomic mass is 10.2. The van der Waals surface area contributed by atoms with Gasteiger partial charge >= 0.3 is 0 Å². The highest BCUT2D eigenvalue weighted by Gasteiger charge is 2.15. The molecule has 0 saturated carbocycles. The molecule has 108 valence electrons. The Balaban J connectivity index is 2.60. The van der Waals surface area contributed by atoms with Crippen molar-refractivity contribution in [2.24, 2.45) is 0 Å². The summed E-state index contributed by atoms with van der Waals surface area (Å²) in [6, 6.07) is 7.47. The number of hydrogen-bond donors (Lipinski definition) is 1. The molecule has 1 aromatic carbocycles. The predicted octanol–water partition coefficient (Wildman–Crippen LogP) is 1.71. The van der Waals surface area contributed by atoms with Gasteiger partial charge in [0.15, 0.2) is 0 Å². The third kappa shape index (κ3) is 2.89. The number of nitrogens with zero attached hydrogens (tertiary/aromatic N) is 2. The highest BCUT2D eigenvalue weighted by atomic mass is 16.5. The summed E-state index contributed by atoms with van der Waals surface area (Å²) in [6.07, 6.45) is 0. The fraction of sp³-hybridized carbons (Fsp3) is 0.467. The van der Waals surface area contributed by atoms with E-state index in [1.165, 1.54) is 0 Å². The van der Waals surface area contributed by atoms with Crippen LogP contribution in [0.4, 0.5) is 0 Å². The van der Waals surface area contributed by atoms with Gasteiger partial charge in [0.25, 0.3) is 5.56 Å². The number of ether oxygens (including phenoxy) is 1. The predicted molar refractivity (Wildman–Crippen MR) is 80.0 cm³/mol. The molecular weight excluding hydrogens is 254 g/mol. The summed E-state index contributed by atoms with van der Waals surface area (Å²) in [7, 11) is 1.63. The normalized spacial score (nSPS) is 12.8. The van der Waals surface area contributed by atoms with Crippen LogP contribution in [-0.2, 0) is 11.3 Å². The van der Waals surface area contributed by atoms with Gasteiger partial charge in [-0.05, 0) is 25.6 Å². The average Bonchev–Trinajstić information content (AvgIpc) is 2.46. The fourth-order valence-electron chi connectivity index (χ4n) is 2.31. The summed E-state index contributed by atoms with van der Waals surface area (Å²) in [5.41, 5.74) is 0.735. The maximum atomic E-state index is 12.6. The second kappa shape index (κ2) is 6.63. The first-order valence-electron chi connectivity index (χ1n) is 6.90. The lowest BCUT2D eigenvalue weighted by Crippen LogP contribution is -2.32. The van der Waals surface area contributed by atoms with Gasteiger partial charge in [-0.1, -0.05) is 19.1 Å². The summed E-state index contributed by atoms with van der Waals surface area (Å²) in [6.45, 7) is 5.89. The first-order valence-corrected chi connectivity index (χ1v) is 6.90. The molecule has 0 spiro atoms. The Labute approximate surface area is 118 Å². The minimum absolute atomic E-state index is 0.00703. The highest BCUT2D eigenvalue weighted by molar-refractivity contribution is 5.77. The van der Waals surface area contributed by atoms with Crippen molar-refractivity contribution in [1.82, 2.24) is 14.9 Å². The van der Waals surface area contributed by atoms with Gasteiger partial charge in [-0.25, -0.2) is 4.98 Å². The SMILES string of the molecule is CCN[C@H](C)c1nc2ccccc2c(=O)n1CCOC. The lowest BCUT2D eigenvalue weighted by Gasteiger charge is -2.18. The van der Waals surface area contributed by atoms with Crippen molar-refractivity contribution in [3.05, 3.63) is 40.4 Å². The number of benzene rings is 1. The lowest BCUT2D eigenvalue weighted by molar-refractivity contribution is 0.184. The van der Waals surface area contributed by atoms with Crippen LogP contribution in [0.5, 0.6) is 0 Å². The summed E-state index contributed by atoms with van der Waals surface area (Å²) in [5, 5.41) is 3.96. The molecule has 0 radical (unpaired) electrons. The van der Waals surface area contributed by atoms with Gasteiger partial charge in [0.1, 0.15) is 5.82 Å². The van der Waals surface area contributed by atoms with Crippen LogP contribution in [0.3, 0.4) is 0 Å². The zero-order valence-electron chi connectivity index (χ0n) is 12.2. The molecule has 1 atom stereocenters. The van der Waals surface area contributed by atoms with Crippen molar-refractivity contribution < 1.29 is 4.74 Å². The number of nitrogens with one attached hydrogen (secondary N) is 1. The minimum atomic E-state index is -0.00703. The van der Waals surface area contributed by atoms with Crippen LogP contribution in [0.1, 0.15) is 25.7 Å². The van der Waals surface area contributed by atoms with Gasteiger partial charge in [-0.3, -0.25) is 9.36 Å². The largest absolute Gasteiger partial charge is 0.383 e. The van der Waals surface area contributed by atoms with Gasteiger partial charge in [0.05, 0.1) is 30.1 Å². The summed E-state index contributed by atoms with van der Waals surface area (Å²) < 4.78 is 6.81. The molecule has 0 fully saturated rings. The Hall–Kier alpha value is -1.72. The van der Waals surface area contributed by atoms with Crippen LogP contribution in [0, 0.1) is 0 Å². The molecule has 20 heavy (non-hydrogen) atoms. The summed E-state index contributed by atoms with van der Waals surface area (Å²) >= 11 is 0. The van der Waals surface area contributed by atoms with Crippen LogP contribution in [0.25, 0.3) is 10.9 Å². The van der Waals surface area contributed by atoms with Gasteiger partial charge in [-0.15, -0.1) is 0 Å². The molecule has 0 aliphatic heterocycles. The standard InChI is InChI=1S/C15H21N3O2/c1-4-16-11(2)14-17-13-8-6-5-7-12(13)15(19)18(14)9-10-20-3/h5-8,11,16H,4,9-10H2,1-3H3/t11-/m1/s1. The monoisotopic (exact) mass is 275 g/mol. The van der Waals surface area contributed by atoms with Crippen molar-refractivity contribution in [3.63, 3.8) is 0 Å². The van der Waals surface area contributed by atoms with Crippen molar-refractivity contribution in [3.8, 4) is 0 Å². The van der Waals surface area contributed by atoms with Crippen LogP contribution in [0.2, 0.25) is 0 Å². The van der Waals surface area contributed by atoms with Gasteiger partial charge in [0, 0.05) is 7.11 Å². The van der Waals surface area contributed by atoms with Crippen molar-refractivity contribution in [2.75, 3.05) is 20.3 Å². The minimum Gasteiger partial charge on any atom is -0.383 e. The Morgan fingerprint density at radius 3 is 2.85 bits per heavy atom. The number of fused-ring (bicyclic) bond motifs is 1. The zero-order valence-corrected chi connectivity index (χ0v) is 12.2. The van der Waals surface area contributed by atoms with E-state index in [9.17, 15) is 4.79 Å². The maximum Gasteiger partial charge on any atom is 0.261 e. The van der Waals surface area contributed by atoms with E-state index in [1.54, 1.807) is 11.7 Å². The van der Waals surface area contributed by atoms with Crippen molar-refractivity contribution in [1.29, 1.82) is 0 Å². The summed E-state index contributed by atoms with van der Waals surface area (Å²) in [4.78, 5) is 17.3. The highest BCUT2D eigenvalue weighted by Crippen LogP contribution is 2.13. The van der Waals surface area contributed by atoms with E-state index in [1.807, 2.05) is 38.1 Å². The van der Waals surface area contributed by atoms with Crippen molar-refractivity contribution >= 4 is 10.9 Å². The molecule has 5 nitrogen and oxygen atoms in total. The van der Waals surface area contributed by atoms with Crippen LogP contribution in [-0.4, -0.2) is 29.8 Å². The van der Waals surface area contributed by atoms with E-state index in [0.29, 0.717) is 18.5 Å². The number of hydrogen-bond acceptors (Lipinski definition) is 4. The molecule has 5 heteroatoms. The zero-order chi connectivity index (χ0) is 14.5. The first kappa shape index (κ1) is 14.7. The molecule has 2 aromatic rings. The topological polar surface area (TPSA) is 56.2 Å². The molecule has 2 rings (SSSR count). The maximum absolute atomic E-state index is 12.6. The van der Waals surface area contributed by atoms with Crippen LogP contribution < -0.4 is 10.9 Å². The molecular formula is C15H21N3O2. The molecule has 1 aromatic heterocycles. The Morgan fingerprint density at radius 1 is 1.40 bits per heavy atom. The molecule has 0 bridgehead atoms. The van der Waals surface area contributed by atoms with E-state index < -0.39 is 0 Å². The van der Waals surface area contributed by atoms with Crippen LogP contribution in [0.15, 0.2) is 29.1 Å². The molecule has 0 aliphatic rings. The Morgan fingerprint density at radius 2 is 2.15 bits per heavy atom. The molecule has 1 heterocycles. The smallest absolute Gasteiger partial charge is 0.261 e. The number of methoxy groups -OCH3 is 1. The second-order valence-electron chi connectivity index (χ2n) is 4.72. The quantitative estimate of drug-likeness (QED) is 0.872. The second-order valence-corrected chi connectivity index (χ2v) is 4.72. The van der Waals surface area contributed by atoms with Crippen LogP contribution >= 0.6 is 0 Å². The number of rotatable bonds is 6. The number of para-hydroxylation sites is 1. The molecule has 0 aliphatic carbocycles. The Kier molecular flexibility index (Phi) is 4.87. The van der Waals surface area contributed by atoms with Gasteiger partial charge in [-0.2, -0.15) is 0 Å². The molecule has 1 N–H and O–H groups in total. The molecule has 0 saturated heterocycles. The van der Waals surface area contributed by atoms with E-state index >= 15 is 0 Å². The molecule has 0 amide bonds. The fourth-order valence-corrected chi connectivity index (χ4v) is 2.31. The van der Waals surface area contributed by atoms with E-state index in [-0.39, 0.29) is 11.6 Å². The molecule has 0 unspecified atom stereocenters. The van der Waals surface area contributed by atoms with E-state index in [0.717, 1.165) is 17.9 Å². The summed E-state index contributed by atoms with van der Waals surface area (Å²) in [5.74, 6) is 0.757. The first-order chi connectivity index (χ1) is 9.69. The van der Waals surface area contributed by atoms with E-state index in [2.05, 4.69) is 10.3 Å². The van der Waals surface area contributed by atoms with Gasteiger partial charge < -0.3 is 10.1 Å². The Bertz CT molecular complexity index is 637. The third-order valence-corrected chi connectivity index (χ3v) is 3.31.